The second kappa shape index (κ2) is 7.68. The SMILES string of the molecule is CC[C@H]1CCCCN1C(=O)CSc1nnc(-c2ccc(Cl)s2)o1. The predicted molar refractivity (Wildman–Crippen MR) is 93.0 cm³/mol. The Kier molecular flexibility index (Phi) is 5.61. The highest BCUT2D eigenvalue weighted by molar-refractivity contribution is 7.99. The topological polar surface area (TPSA) is 59.2 Å². The third-order valence-corrected chi connectivity index (χ3v) is 5.95. The molecular weight excluding hydrogens is 354 g/mol. The number of nitrogens with zero attached hydrogens (tertiary/aromatic N) is 3. The van der Waals surface area contributed by atoms with Gasteiger partial charge in [0.15, 0.2) is 0 Å². The Morgan fingerprint density at radius 2 is 2.35 bits per heavy atom. The van der Waals surface area contributed by atoms with Gasteiger partial charge in [0.2, 0.25) is 5.91 Å². The molecule has 0 bridgehead atoms. The molecule has 0 unspecified atom stereocenters. The van der Waals surface area contributed by atoms with Gasteiger partial charge >= 0.3 is 0 Å². The third kappa shape index (κ3) is 4.08. The van der Waals surface area contributed by atoms with Gasteiger partial charge in [0, 0.05) is 12.6 Å². The third-order valence-electron chi connectivity index (χ3n) is 3.93. The summed E-state index contributed by atoms with van der Waals surface area (Å²) in [7, 11) is 0. The normalized spacial score (nSPS) is 18.3. The minimum absolute atomic E-state index is 0.153. The van der Waals surface area contributed by atoms with Gasteiger partial charge < -0.3 is 9.32 Å². The standard InChI is InChI=1S/C15H18ClN3O2S2/c1-2-10-5-3-4-8-19(10)13(20)9-22-15-18-17-14(21-15)11-6-7-12(16)23-11/h6-7,10H,2-5,8-9H2,1H3/t10-/m0/s1. The van der Waals surface area contributed by atoms with E-state index in [2.05, 4.69) is 17.1 Å². The smallest absolute Gasteiger partial charge is 0.277 e. The van der Waals surface area contributed by atoms with Crippen molar-refractivity contribution in [3.8, 4) is 10.8 Å². The van der Waals surface area contributed by atoms with Gasteiger partial charge in [0.25, 0.3) is 11.1 Å². The summed E-state index contributed by atoms with van der Waals surface area (Å²) in [6, 6.07) is 4.02. The van der Waals surface area contributed by atoms with Gasteiger partial charge in [-0.1, -0.05) is 30.3 Å². The highest BCUT2D eigenvalue weighted by Gasteiger charge is 2.25. The van der Waals surface area contributed by atoms with Gasteiger partial charge in [0.05, 0.1) is 15.0 Å². The molecule has 1 aliphatic rings. The van der Waals surface area contributed by atoms with E-state index in [1.54, 1.807) is 6.07 Å². The van der Waals surface area contributed by atoms with E-state index in [0.717, 1.165) is 30.7 Å². The van der Waals surface area contributed by atoms with Crippen molar-refractivity contribution < 1.29 is 9.21 Å². The molecule has 1 atom stereocenters. The number of piperidine rings is 1. The molecule has 2 aromatic heterocycles. The number of thiophene rings is 1. The molecule has 0 radical (unpaired) electrons. The predicted octanol–water partition coefficient (Wildman–Crippen LogP) is 4.33. The lowest BCUT2D eigenvalue weighted by atomic mass is 10.0. The fourth-order valence-corrected chi connectivity index (χ4v) is 4.37. The maximum Gasteiger partial charge on any atom is 0.277 e. The summed E-state index contributed by atoms with van der Waals surface area (Å²) >= 11 is 8.59. The van der Waals surface area contributed by atoms with Crippen LogP contribution in [0, 0.1) is 0 Å². The van der Waals surface area contributed by atoms with E-state index in [0.29, 0.717) is 27.2 Å². The van der Waals surface area contributed by atoms with Crippen LogP contribution in [0.4, 0.5) is 0 Å². The molecule has 0 saturated carbocycles. The Bertz CT molecular complexity index is 673. The van der Waals surface area contributed by atoms with Crippen molar-refractivity contribution in [2.75, 3.05) is 12.3 Å². The number of halogens is 1. The van der Waals surface area contributed by atoms with Crippen molar-refractivity contribution in [2.24, 2.45) is 0 Å². The maximum absolute atomic E-state index is 12.4. The Morgan fingerprint density at radius 3 is 3.09 bits per heavy atom. The van der Waals surface area contributed by atoms with Crippen molar-refractivity contribution in [1.29, 1.82) is 0 Å². The molecule has 2 aromatic rings. The van der Waals surface area contributed by atoms with Crippen molar-refractivity contribution in [1.82, 2.24) is 15.1 Å². The van der Waals surface area contributed by atoms with Crippen molar-refractivity contribution in [3.63, 3.8) is 0 Å². The lowest BCUT2D eigenvalue weighted by Gasteiger charge is -2.35. The molecule has 8 heteroatoms. The number of rotatable bonds is 5. The molecule has 1 amide bonds. The highest BCUT2D eigenvalue weighted by Crippen LogP contribution is 2.31. The van der Waals surface area contributed by atoms with Crippen LogP contribution in [-0.2, 0) is 4.79 Å². The van der Waals surface area contributed by atoms with Crippen LogP contribution in [0.5, 0.6) is 0 Å². The Labute approximate surface area is 148 Å². The number of thioether (sulfide) groups is 1. The first-order valence-corrected chi connectivity index (χ1v) is 9.87. The molecule has 5 nitrogen and oxygen atoms in total. The summed E-state index contributed by atoms with van der Waals surface area (Å²) in [5, 5.41) is 8.43. The maximum atomic E-state index is 12.4. The van der Waals surface area contributed by atoms with Crippen LogP contribution in [0.1, 0.15) is 32.6 Å². The number of carbonyl (C=O) groups is 1. The molecule has 23 heavy (non-hydrogen) atoms. The van der Waals surface area contributed by atoms with Crippen LogP contribution in [0.2, 0.25) is 4.34 Å². The van der Waals surface area contributed by atoms with Gasteiger partial charge in [-0.15, -0.1) is 21.5 Å². The molecule has 0 spiro atoms. The first-order valence-electron chi connectivity index (χ1n) is 7.69. The molecule has 0 N–H and O–H groups in total. The van der Waals surface area contributed by atoms with Gasteiger partial charge in [-0.2, -0.15) is 0 Å². The Hall–Kier alpha value is -1.05. The van der Waals surface area contributed by atoms with E-state index in [1.807, 2.05) is 11.0 Å². The summed E-state index contributed by atoms with van der Waals surface area (Å²) in [5.74, 6) is 0.935. The average molecular weight is 372 g/mol. The number of amides is 1. The summed E-state index contributed by atoms with van der Waals surface area (Å²) < 4.78 is 6.27. The minimum atomic E-state index is 0.153. The van der Waals surface area contributed by atoms with Crippen LogP contribution in [0.25, 0.3) is 10.8 Å². The van der Waals surface area contributed by atoms with Crippen LogP contribution >= 0.6 is 34.7 Å². The summed E-state index contributed by atoms with van der Waals surface area (Å²) in [4.78, 5) is 15.3. The monoisotopic (exact) mass is 371 g/mol. The molecule has 0 aromatic carbocycles. The Morgan fingerprint density at radius 1 is 1.48 bits per heavy atom. The van der Waals surface area contributed by atoms with Crippen molar-refractivity contribution >= 4 is 40.6 Å². The quantitative estimate of drug-likeness (QED) is 0.732. The van der Waals surface area contributed by atoms with E-state index >= 15 is 0 Å². The van der Waals surface area contributed by atoms with Crippen LogP contribution in [-0.4, -0.2) is 39.3 Å². The van der Waals surface area contributed by atoms with Gasteiger partial charge in [-0.3, -0.25) is 4.79 Å². The van der Waals surface area contributed by atoms with E-state index in [4.69, 9.17) is 16.0 Å². The molecule has 0 aliphatic carbocycles. The first kappa shape index (κ1) is 16.8. The Balaban J connectivity index is 1.58. The fraction of sp³-hybridized carbons (Fsp3) is 0.533. The lowest BCUT2D eigenvalue weighted by molar-refractivity contribution is -0.132. The van der Waals surface area contributed by atoms with Crippen LogP contribution < -0.4 is 0 Å². The zero-order chi connectivity index (χ0) is 16.2. The average Bonchev–Trinajstić information content (AvgIpc) is 3.21. The van der Waals surface area contributed by atoms with Gasteiger partial charge in [-0.05, 0) is 37.8 Å². The molecule has 3 heterocycles. The molecule has 1 saturated heterocycles. The zero-order valence-electron chi connectivity index (χ0n) is 12.8. The van der Waals surface area contributed by atoms with Crippen molar-refractivity contribution in [3.05, 3.63) is 16.5 Å². The first-order chi connectivity index (χ1) is 11.2. The summed E-state index contributed by atoms with van der Waals surface area (Å²) in [6.07, 6.45) is 4.43. The molecule has 1 aliphatic heterocycles. The fourth-order valence-electron chi connectivity index (χ4n) is 2.76. The van der Waals surface area contributed by atoms with Gasteiger partial charge in [0.1, 0.15) is 0 Å². The van der Waals surface area contributed by atoms with E-state index in [-0.39, 0.29) is 5.91 Å². The summed E-state index contributed by atoms with van der Waals surface area (Å²) in [5.41, 5.74) is 0. The van der Waals surface area contributed by atoms with Gasteiger partial charge in [-0.25, -0.2) is 0 Å². The summed E-state index contributed by atoms with van der Waals surface area (Å²) in [6.45, 7) is 3.00. The zero-order valence-corrected chi connectivity index (χ0v) is 15.2. The molecule has 124 valence electrons. The second-order valence-electron chi connectivity index (χ2n) is 5.41. The highest BCUT2D eigenvalue weighted by atomic mass is 35.5. The van der Waals surface area contributed by atoms with E-state index in [9.17, 15) is 4.79 Å². The number of hydrogen-bond donors (Lipinski definition) is 0. The van der Waals surface area contributed by atoms with Crippen LogP contribution in [0.3, 0.4) is 0 Å². The number of hydrogen-bond acceptors (Lipinski definition) is 6. The lowest BCUT2D eigenvalue weighted by Crippen LogP contribution is -2.44. The molecular formula is C15H18ClN3O2S2. The second-order valence-corrected chi connectivity index (χ2v) is 8.05. The van der Waals surface area contributed by atoms with Crippen LogP contribution in [0.15, 0.2) is 21.8 Å². The minimum Gasteiger partial charge on any atom is -0.410 e. The van der Waals surface area contributed by atoms with E-state index < -0.39 is 0 Å². The number of aromatic nitrogens is 2. The molecule has 3 rings (SSSR count). The number of likely N-dealkylation sites (tertiary alicyclic amines) is 1. The number of carbonyl (C=O) groups excluding carboxylic acids is 1. The van der Waals surface area contributed by atoms with Crippen molar-refractivity contribution in [2.45, 2.75) is 43.9 Å². The van der Waals surface area contributed by atoms with E-state index in [1.165, 1.54) is 29.5 Å². The molecule has 1 fully saturated rings. The largest absolute Gasteiger partial charge is 0.410 e.